The molecule has 4 aromatic rings. The fourth-order valence-electron chi connectivity index (χ4n) is 5.92. The summed E-state index contributed by atoms with van der Waals surface area (Å²) in [5.74, 6) is -1.77. The lowest BCUT2D eigenvalue weighted by Gasteiger charge is -2.29. The Morgan fingerprint density at radius 1 is 1.13 bits per heavy atom. The van der Waals surface area contributed by atoms with E-state index in [0.29, 0.717) is 35.6 Å². The minimum Gasteiger partial charge on any atom is -0.485 e. The van der Waals surface area contributed by atoms with Crippen LogP contribution in [0.5, 0.6) is 5.75 Å². The topological polar surface area (TPSA) is 75.0 Å². The van der Waals surface area contributed by atoms with Crippen LogP contribution in [-0.2, 0) is 21.5 Å². The number of fused-ring (bicyclic) bond motifs is 2. The lowest BCUT2D eigenvalue weighted by Crippen LogP contribution is -2.32. The Morgan fingerprint density at radius 3 is 2.46 bits per heavy atom. The van der Waals surface area contributed by atoms with Gasteiger partial charge in [0.1, 0.15) is 23.9 Å². The predicted molar refractivity (Wildman–Crippen MR) is 141 cm³/mol. The normalized spacial score (nSPS) is 23.8. The van der Waals surface area contributed by atoms with Crippen molar-refractivity contribution in [2.45, 2.75) is 77.0 Å². The van der Waals surface area contributed by atoms with Crippen LogP contribution in [0.4, 0.5) is 8.78 Å². The average molecular weight is 554 g/mol. The quantitative estimate of drug-likeness (QED) is 0.258. The predicted octanol–water partition coefficient (Wildman–Crippen LogP) is 6.09. The number of benzene rings is 1. The van der Waals surface area contributed by atoms with Crippen molar-refractivity contribution in [2.24, 2.45) is 0 Å². The number of carbonyl (C=O) groups excluding carboxylic acids is 1. The molecule has 2 fully saturated rings. The molecule has 3 aromatic heterocycles. The second-order valence-corrected chi connectivity index (χ2v) is 12.1. The molecule has 7 nitrogen and oxygen atoms in total. The molecule has 4 heterocycles. The third-order valence-electron chi connectivity index (χ3n) is 7.53. The summed E-state index contributed by atoms with van der Waals surface area (Å²) in [6, 6.07) is 7.08. The number of imidazole rings is 1. The molecule has 0 amide bonds. The van der Waals surface area contributed by atoms with Gasteiger partial charge >= 0.3 is 0 Å². The van der Waals surface area contributed by atoms with Gasteiger partial charge in [0.2, 0.25) is 0 Å². The molecule has 2 aliphatic rings. The van der Waals surface area contributed by atoms with E-state index < -0.39 is 22.8 Å². The summed E-state index contributed by atoms with van der Waals surface area (Å²) < 4.78 is 48.1. The number of ether oxygens (including phenoxy) is 3. The second-order valence-electron chi connectivity index (χ2n) is 10.9. The smallest absolute Gasteiger partial charge is 0.182 e. The molecule has 6 rings (SSSR count). The standard InChI is InChI=1S/C29H29F2N3O4S/c1-16-14-32-27(39-16)29(12-23-24(13-29)38-28(3,4)37-23)11-21(35)25-17(2)33-26-22(9-6-10-34(25)26)36-15-18-19(30)7-5-8-20(18)31/h5-10,14,23-24H,11-13,15H2,1-4H3/t23-,24+,29?. The summed E-state index contributed by atoms with van der Waals surface area (Å²) in [7, 11) is 0. The molecular formula is C29H29F2N3O4S. The first-order chi connectivity index (χ1) is 18.6. The number of ketones is 1. The molecule has 1 aromatic carbocycles. The molecule has 1 aliphatic heterocycles. The van der Waals surface area contributed by atoms with Crippen molar-refractivity contribution in [3.8, 4) is 5.75 Å². The van der Waals surface area contributed by atoms with Crippen molar-refractivity contribution in [1.82, 2.24) is 14.4 Å². The highest BCUT2D eigenvalue weighted by Crippen LogP contribution is 2.52. The van der Waals surface area contributed by atoms with E-state index in [9.17, 15) is 13.6 Å². The van der Waals surface area contributed by atoms with Crippen molar-refractivity contribution < 1.29 is 27.8 Å². The number of aryl methyl sites for hydroxylation is 2. The van der Waals surface area contributed by atoms with Gasteiger partial charge in [0.25, 0.3) is 0 Å². The van der Waals surface area contributed by atoms with Crippen LogP contribution in [-0.4, -0.2) is 38.1 Å². The van der Waals surface area contributed by atoms with Crippen LogP contribution in [0.1, 0.15) is 64.7 Å². The Labute approximate surface area is 228 Å². The van der Waals surface area contributed by atoms with E-state index in [1.54, 1.807) is 41.0 Å². The SMILES string of the molecule is Cc1cnc(C2(CC(=O)c3c(C)nc4c(OCc5c(F)cccc5F)cccn34)C[C@@H]3OC(C)(C)O[C@@H]3C2)s1. The molecule has 204 valence electrons. The van der Waals surface area contributed by atoms with Gasteiger partial charge in [0.05, 0.1) is 28.5 Å². The number of carbonyl (C=O) groups is 1. The Kier molecular flexibility index (Phi) is 6.32. The molecule has 10 heteroatoms. The van der Waals surface area contributed by atoms with Gasteiger partial charge in [-0.25, -0.2) is 18.7 Å². The van der Waals surface area contributed by atoms with Crippen molar-refractivity contribution in [1.29, 1.82) is 0 Å². The van der Waals surface area contributed by atoms with Gasteiger partial charge in [-0.2, -0.15) is 0 Å². The van der Waals surface area contributed by atoms with Gasteiger partial charge in [0, 0.05) is 29.1 Å². The van der Waals surface area contributed by atoms with Crippen LogP contribution in [0, 0.1) is 25.5 Å². The number of halogens is 2. The summed E-state index contributed by atoms with van der Waals surface area (Å²) in [4.78, 5) is 24.4. The highest BCUT2D eigenvalue weighted by molar-refractivity contribution is 7.11. The highest BCUT2D eigenvalue weighted by atomic mass is 32.1. The monoisotopic (exact) mass is 553 g/mol. The Bertz CT molecular complexity index is 1540. The van der Waals surface area contributed by atoms with Crippen molar-refractivity contribution >= 4 is 22.8 Å². The Hall–Kier alpha value is -3.21. The molecule has 1 saturated heterocycles. The van der Waals surface area contributed by atoms with Crippen molar-refractivity contribution in [3.05, 3.63) is 81.2 Å². The minimum absolute atomic E-state index is 0.0793. The average Bonchev–Trinajstić information content (AvgIpc) is 3.59. The number of hydrogen-bond donors (Lipinski definition) is 0. The summed E-state index contributed by atoms with van der Waals surface area (Å²) in [5, 5.41) is 0.912. The molecule has 1 unspecified atom stereocenters. The van der Waals surface area contributed by atoms with Crippen molar-refractivity contribution in [3.63, 3.8) is 0 Å². The first kappa shape index (κ1) is 26.0. The highest BCUT2D eigenvalue weighted by Gasteiger charge is 2.56. The summed E-state index contributed by atoms with van der Waals surface area (Å²) in [6.07, 6.45) is 4.86. The number of thiazole rings is 1. The molecule has 1 aliphatic carbocycles. The van der Waals surface area contributed by atoms with Crippen LogP contribution in [0.25, 0.3) is 5.65 Å². The van der Waals surface area contributed by atoms with E-state index in [2.05, 4.69) is 9.97 Å². The fraction of sp³-hybridized carbons (Fsp3) is 0.414. The Balaban J connectivity index is 1.31. The van der Waals surface area contributed by atoms with Gasteiger partial charge in [-0.05, 0) is 64.8 Å². The van der Waals surface area contributed by atoms with E-state index in [0.717, 1.165) is 9.88 Å². The number of nitrogens with zero attached hydrogens (tertiary/aromatic N) is 3. The molecule has 39 heavy (non-hydrogen) atoms. The van der Waals surface area contributed by atoms with Crippen LogP contribution in [0.15, 0.2) is 42.7 Å². The molecule has 0 bridgehead atoms. The van der Waals surface area contributed by atoms with Gasteiger partial charge in [-0.3, -0.25) is 9.20 Å². The van der Waals surface area contributed by atoms with Gasteiger partial charge in [-0.1, -0.05) is 6.07 Å². The molecular weight excluding hydrogens is 524 g/mol. The number of hydrogen-bond acceptors (Lipinski definition) is 7. The molecule has 3 atom stereocenters. The van der Waals surface area contributed by atoms with E-state index in [1.807, 2.05) is 27.0 Å². The molecule has 1 saturated carbocycles. The maximum Gasteiger partial charge on any atom is 0.182 e. The van der Waals surface area contributed by atoms with Crippen molar-refractivity contribution in [2.75, 3.05) is 0 Å². The first-order valence-corrected chi connectivity index (χ1v) is 13.7. The number of rotatable bonds is 7. The van der Waals surface area contributed by atoms with Crippen LogP contribution < -0.4 is 4.74 Å². The van der Waals surface area contributed by atoms with Gasteiger partial charge < -0.3 is 14.2 Å². The maximum atomic E-state index is 14.1. The zero-order chi connectivity index (χ0) is 27.5. The zero-order valence-corrected chi connectivity index (χ0v) is 23.0. The van der Waals surface area contributed by atoms with Crippen LogP contribution >= 0.6 is 11.3 Å². The third-order valence-corrected chi connectivity index (χ3v) is 8.69. The molecule has 0 radical (unpaired) electrons. The number of aromatic nitrogens is 3. The van der Waals surface area contributed by atoms with E-state index in [4.69, 9.17) is 14.2 Å². The van der Waals surface area contributed by atoms with Crippen LogP contribution in [0.3, 0.4) is 0 Å². The van der Waals surface area contributed by atoms with Gasteiger partial charge in [0.15, 0.2) is 23.0 Å². The van der Waals surface area contributed by atoms with E-state index >= 15 is 0 Å². The van der Waals surface area contributed by atoms with E-state index in [-0.39, 0.29) is 36.6 Å². The summed E-state index contributed by atoms with van der Waals surface area (Å²) in [5.41, 5.74) is 0.712. The minimum atomic E-state index is -0.683. The first-order valence-electron chi connectivity index (χ1n) is 12.9. The molecule has 0 N–H and O–H groups in total. The Morgan fingerprint density at radius 2 is 1.82 bits per heavy atom. The fourth-order valence-corrected chi connectivity index (χ4v) is 6.89. The lowest BCUT2D eigenvalue weighted by atomic mass is 9.80. The largest absolute Gasteiger partial charge is 0.485 e. The third kappa shape index (κ3) is 4.64. The van der Waals surface area contributed by atoms with Gasteiger partial charge in [-0.15, -0.1) is 11.3 Å². The number of pyridine rings is 1. The maximum absolute atomic E-state index is 14.1. The lowest BCUT2D eigenvalue weighted by molar-refractivity contribution is -0.155. The second kappa shape index (κ2) is 9.46. The number of Topliss-reactive ketones (excluding diaryl/α,β-unsaturated/α-hetero) is 1. The summed E-state index contributed by atoms with van der Waals surface area (Å²) in [6.45, 7) is 7.30. The summed E-state index contributed by atoms with van der Waals surface area (Å²) >= 11 is 1.60. The van der Waals surface area contributed by atoms with E-state index in [1.165, 1.54) is 18.2 Å². The van der Waals surface area contributed by atoms with Crippen LogP contribution in [0.2, 0.25) is 0 Å². The zero-order valence-electron chi connectivity index (χ0n) is 22.2. The molecule has 0 spiro atoms.